The molecule has 4 heteroatoms. The molecule has 0 heterocycles. The maximum absolute atomic E-state index is 10.8. The van der Waals surface area contributed by atoms with Crippen LogP contribution >= 0.6 is 9.12 Å². The van der Waals surface area contributed by atoms with Gasteiger partial charge in [-0.1, -0.05) is 0 Å². The predicted octanol–water partition coefficient (Wildman–Crippen LogP) is 0.907. The zero-order valence-corrected chi connectivity index (χ0v) is 4.73. The van der Waals surface area contributed by atoms with E-state index in [9.17, 15) is 4.48 Å². The minimum absolute atomic E-state index is 0.500. The summed E-state index contributed by atoms with van der Waals surface area (Å²) < 4.78 is 18.9. The van der Waals surface area contributed by atoms with E-state index >= 15 is 0 Å². The Labute approximate surface area is 38.5 Å². The molecule has 0 aliphatic rings. The van der Waals surface area contributed by atoms with Gasteiger partial charge in [-0.3, -0.25) is 4.57 Å². The van der Waals surface area contributed by atoms with Gasteiger partial charge in [-0.05, 0) is 0 Å². The molecule has 0 fully saturated rings. The monoisotopic (exact) mass is 111 g/mol. The molecular formula is C2H7FNOP. The second kappa shape index (κ2) is 8.89. The van der Waals surface area contributed by atoms with E-state index in [2.05, 4.69) is 0 Å². The summed E-state index contributed by atoms with van der Waals surface area (Å²) in [7, 11) is 4.39. The maximum Gasteiger partial charge on any atom is 0.138 e. The molecule has 0 aliphatic carbocycles. The van der Waals surface area contributed by atoms with Crippen molar-refractivity contribution < 1.29 is 9.05 Å². The van der Waals surface area contributed by atoms with E-state index in [1.54, 1.807) is 9.12 Å². The van der Waals surface area contributed by atoms with Crippen LogP contribution in [0.5, 0.6) is 0 Å². The summed E-state index contributed by atoms with van der Waals surface area (Å²) in [4.78, 5) is 0. The first kappa shape index (κ1) is 9.37. The van der Waals surface area contributed by atoms with Crippen LogP contribution < -0.4 is 0 Å². The molecule has 0 saturated heterocycles. The minimum atomic E-state index is 0.500. The highest BCUT2D eigenvalue weighted by Gasteiger charge is 1.64. The first-order chi connectivity index (χ1) is 2.73. The standard InChI is InChI=1S/C2H6FN.HOP/c1-4(2)3;1-2/h1-2H3;2H. The van der Waals surface area contributed by atoms with Crippen LogP contribution in [0.2, 0.25) is 0 Å². The van der Waals surface area contributed by atoms with E-state index < -0.39 is 0 Å². The van der Waals surface area contributed by atoms with Crippen LogP contribution in [0.15, 0.2) is 0 Å². The number of hydrogen-bond acceptors (Lipinski definition) is 2. The van der Waals surface area contributed by atoms with Crippen molar-refractivity contribution in [2.45, 2.75) is 0 Å². The molecule has 0 bridgehead atoms. The van der Waals surface area contributed by atoms with Gasteiger partial charge in [0.15, 0.2) is 0 Å². The summed E-state index contributed by atoms with van der Waals surface area (Å²) in [5.74, 6) is 0. The van der Waals surface area contributed by atoms with E-state index in [4.69, 9.17) is 4.57 Å². The van der Waals surface area contributed by atoms with Crippen molar-refractivity contribution >= 4 is 9.12 Å². The molecule has 6 heavy (non-hydrogen) atoms. The van der Waals surface area contributed by atoms with Crippen molar-refractivity contribution in [3.8, 4) is 0 Å². The highest BCUT2D eigenvalue weighted by atomic mass is 31.0. The van der Waals surface area contributed by atoms with Crippen LogP contribution in [0.3, 0.4) is 0 Å². The molecule has 0 amide bonds. The Hall–Kier alpha value is -0.0100. The van der Waals surface area contributed by atoms with Crippen molar-refractivity contribution in [3.63, 3.8) is 0 Å². The Morgan fingerprint density at radius 3 is 1.50 bits per heavy atom. The Balaban J connectivity index is 0. The quantitative estimate of drug-likeness (QED) is 0.342. The van der Waals surface area contributed by atoms with E-state index in [-0.39, 0.29) is 0 Å². The molecule has 0 N–H and O–H groups in total. The molecule has 0 aromatic heterocycles. The van der Waals surface area contributed by atoms with Crippen LogP contribution in [-0.4, -0.2) is 19.2 Å². The lowest BCUT2D eigenvalue weighted by atomic mass is 11.3. The molecule has 38 valence electrons. The van der Waals surface area contributed by atoms with Gasteiger partial charge in [0.25, 0.3) is 0 Å². The molecule has 0 aromatic rings. The maximum atomic E-state index is 10.8. The lowest BCUT2D eigenvalue weighted by molar-refractivity contribution is 0.0977. The van der Waals surface area contributed by atoms with E-state index in [0.717, 1.165) is 0 Å². The van der Waals surface area contributed by atoms with Crippen molar-refractivity contribution in [1.29, 1.82) is 0 Å². The second-order valence-corrected chi connectivity index (χ2v) is 0.785. The van der Waals surface area contributed by atoms with Crippen LogP contribution in [0.1, 0.15) is 0 Å². The van der Waals surface area contributed by atoms with Gasteiger partial charge in [0.05, 0.1) is 0 Å². The number of nitrogens with zero attached hydrogens (tertiary/aromatic N) is 1. The number of halogens is 1. The Morgan fingerprint density at radius 1 is 1.50 bits per heavy atom. The highest BCUT2D eigenvalue weighted by Crippen LogP contribution is 1.62. The summed E-state index contributed by atoms with van der Waals surface area (Å²) in [6.07, 6.45) is 0. The summed E-state index contributed by atoms with van der Waals surface area (Å²) in [6.45, 7) is 0. The van der Waals surface area contributed by atoms with Gasteiger partial charge < -0.3 is 0 Å². The molecule has 2 nitrogen and oxygen atoms in total. The lowest BCUT2D eigenvalue weighted by Crippen LogP contribution is -1.91. The van der Waals surface area contributed by atoms with Crippen LogP contribution in [0.25, 0.3) is 0 Å². The Bertz CT molecular complexity index is 24.8. The van der Waals surface area contributed by atoms with Gasteiger partial charge in [-0.15, -0.1) is 4.48 Å². The summed E-state index contributed by atoms with van der Waals surface area (Å²) >= 11 is 0. The molecule has 0 aromatic carbocycles. The van der Waals surface area contributed by atoms with Crippen molar-refractivity contribution in [1.82, 2.24) is 5.12 Å². The summed E-state index contributed by atoms with van der Waals surface area (Å²) in [5, 5.41) is 0.500. The molecule has 0 rings (SSSR count). The zero-order chi connectivity index (χ0) is 5.58. The molecule has 0 spiro atoms. The van der Waals surface area contributed by atoms with Crippen molar-refractivity contribution in [2.24, 2.45) is 0 Å². The molecule has 0 saturated carbocycles. The molecule has 0 atom stereocenters. The summed E-state index contributed by atoms with van der Waals surface area (Å²) in [6, 6.07) is 0. The smallest absolute Gasteiger partial charge is 0.138 e. The third kappa shape index (κ3) is 357000. The molecule has 0 unspecified atom stereocenters. The van der Waals surface area contributed by atoms with E-state index in [0.29, 0.717) is 5.12 Å². The Kier molecular flexibility index (Phi) is 13.9. The van der Waals surface area contributed by atoms with Crippen molar-refractivity contribution in [2.75, 3.05) is 14.1 Å². The Morgan fingerprint density at radius 2 is 1.50 bits per heavy atom. The third-order valence-corrected chi connectivity index (χ3v) is 0. The summed E-state index contributed by atoms with van der Waals surface area (Å²) in [5.41, 5.74) is 0. The minimum Gasteiger partial charge on any atom is -0.279 e. The van der Waals surface area contributed by atoms with Crippen LogP contribution in [0, 0.1) is 0 Å². The largest absolute Gasteiger partial charge is 0.279 e. The number of hydrogen-bond donors (Lipinski definition) is 0. The fourth-order valence-electron chi connectivity index (χ4n) is 0. The first-order valence-electron chi connectivity index (χ1n) is 1.27. The normalized spacial score (nSPS) is 6.67. The van der Waals surface area contributed by atoms with Gasteiger partial charge in [0.2, 0.25) is 0 Å². The van der Waals surface area contributed by atoms with Crippen LogP contribution in [-0.2, 0) is 4.57 Å². The third-order valence-electron chi connectivity index (χ3n) is 0. The average Bonchev–Trinajstić information content (AvgIpc) is 1.41. The molecule has 0 radical (unpaired) electrons. The van der Waals surface area contributed by atoms with Crippen LogP contribution in [0.4, 0.5) is 4.48 Å². The second-order valence-electron chi connectivity index (χ2n) is 0.785. The van der Waals surface area contributed by atoms with Gasteiger partial charge in [-0.2, -0.15) is 5.12 Å². The average molecular weight is 111 g/mol. The van der Waals surface area contributed by atoms with E-state index in [1.165, 1.54) is 14.1 Å². The zero-order valence-electron chi connectivity index (χ0n) is 3.73. The lowest BCUT2D eigenvalue weighted by Gasteiger charge is -1.83. The molecule has 0 aliphatic heterocycles. The van der Waals surface area contributed by atoms with Gasteiger partial charge in [0, 0.05) is 14.1 Å². The molecular weight excluding hydrogens is 104 g/mol. The predicted molar refractivity (Wildman–Crippen MR) is 23.8 cm³/mol. The fraction of sp³-hybridized carbons (Fsp3) is 1.00. The van der Waals surface area contributed by atoms with Gasteiger partial charge in [-0.25, -0.2) is 0 Å². The van der Waals surface area contributed by atoms with Crippen molar-refractivity contribution in [3.05, 3.63) is 0 Å². The topological polar surface area (TPSA) is 20.3 Å². The van der Waals surface area contributed by atoms with Gasteiger partial charge >= 0.3 is 0 Å². The highest BCUT2D eigenvalue weighted by molar-refractivity contribution is 7.00. The SMILES string of the molecule is CN(C)F.O=P. The first-order valence-corrected chi connectivity index (χ1v) is 1.68. The van der Waals surface area contributed by atoms with Gasteiger partial charge in [0.1, 0.15) is 9.12 Å². The number of rotatable bonds is 0. The van der Waals surface area contributed by atoms with E-state index in [1.807, 2.05) is 0 Å². The fourth-order valence-corrected chi connectivity index (χ4v) is 0.